The molecule has 0 saturated heterocycles. The molecule has 2 nitrogen and oxygen atoms in total. The predicted molar refractivity (Wildman–Crippen MR) is 50.7 cm³/mol. The van der Waals surface area contributed by atoms with E-state index in [-0.39, 0.29) is 12.2 Å². The van der Waals surface area contributed by atoms with E-state index in [0.29, 0.717) is 0 Å². The molecule has 1 aliphatic rings. The first-order valence-electron chi connectivity index (χ1n) is 4.74. The van der Waals surface area contributed by atoms with Crippen LogP contribution in [0, 0.1) is 0 Å². The predicted octanol–water partition coefficient (Wildman–Crippen LogP) is 1.98. The van der Waals surface area contributed by atoms with E-state index in [1.165, 1.54) is 0 Å². The lowest BCUT2D eigenvalue weighted by molar-refractivity contribution is 0.150. The van der Waals surface area contributed by atoms with Crippen LogP contribution >= 0.6 is 0 Å². The van der Waals surface area contributed by atoms with Crippen molar-refractivity contribution in [3.05, 3.63) is 30.3 Å². The molecule has 2 atom stereocenters. The zero-order chi connectivity index (χ0) is 9.10. The Labute approximate surface area is 78.2 Å². The second kappa shape index (κ2) is 3.79. The molecule has 1 N–H and O–H groups in total. The third-order valence-corrected chi connectivity index (χ3v) is 2.40. The first kappa shape index (κ1) is 8.57. The number of rotatable bonds is 2. The summed E-state index contributed by atoms with van der Waals surface area (Å²) in [6.45, 7) is 0. The fraction of sp³-hybridized carbons (Fsp3) is 0.455. The molecule has 0 aromatic heterocycles. The van der Waals surface area contributed by atoms with Crippen molar-refractivity contribution in [1.29, 1.82) is 0 Å². The smallest absolute Gasteiger partial charge is 0.119 e. The number of aliphatic hydroxyl groups is 1. The summed E-state index contributed by atoms with van der Waals surface area (Å²) in [7, 11) is 0. The van der Waals surface area contributed by atoms with Crippen LogP contribution in [0.25, 0.3) is 0 Å². The number of para-hydroxylation sites is 1. The summed E-state index contributed by atoms with van der Waals surface area (Å²) in [5, 5.41) is 9.30. The van der Waals surface area contributed by atoms with Gasteiger partial charge >= 0.3 is 0 Å². The van der Waals surface area contributed by atoms with Crippen LogP contribution in [0.2, 0.25) is 0 Å². The first-order valence-corrected chi connectivity index (χ1v) is 4.74. The van der Waals surface area contributed by atoms with Crippen molar-refractivity contribution in [2.24, 2.45) is 0 Å². The van der Waals surface area contributed by atoms with Crippen molar-refractivity contribution in [1.82, 2.24) is 0 Å². The van der Waals surface area contributed by atoms with Gasteiger partial charge in [-0.2, -0.15) is 0 Å². The van der Waals surface area contributed by atoms with Crippen molar-refractivity contribution < 1.29 is 9.84 Å². The molecule has 13 heavy (non-hydrogen) atoms. The molecule has 1 saturated carbocycles. The number of hydrogen-bond donors (Lipinski definition) is 1. The highest BCUT2D eigenvalue weighted by Gasteiger charge is 2.23. The highest BCUT2D eigenvalue weighted by Crippen LogP contribution is 2.24. The van der Waals surface area contributed by atoms with Crippen LogP contribution in [0.3, 0.4) is 0 Å². The average molecular weight is 178 g/mol. The molecule has 0 aliphatic heterocycles. The summed E-state index contributed by atoms with van der Waals surface area (Å²) < 4.78 is 5.69. The molecule has 70 valence electrons. The second-order valence-corrected chi connectivity index (χ2v) is 3.52. The van der Waals surface area contributed by atoms with Gasteiger partial charge in [-0.3, -0.25) is 0 Å². The lowest BCUT2D eigenvalue weighted by Gasteiger charge is -2.12. The van der Waals surface area contributed by atoms with Crippen LogP contribution in [0.1, 0.15) is 19.3 Å². The Morgan fingerprint density at radius 3 is 2.54 bits per heavy atom. The van der Waals surface area contributed by atoms with Crippen molar-refractivity contribution in [2.45, 2.75) is 31.5 Å². The minimum absolute atomic E-state index is 0.159. The monoisotopic (exact) mass is 178 g/mol. The van der Waals surface area contributed by atoms with Crippen LogP contribution in [0.15, 0.2) is 30.3 Å². The van der Waals surface area contributed by atoms with Crippen LogP contribution < -0.4 is 4.74 Å². The summed E-state index contributed by atoms with van der Waals surface area (Å²) in [6.07, 6.45) is 2.66. The van der Waals surface area contributed by atoms with Gasteiger partial charge in [0.1, 0.15) is 11.9 Å². The van der Waals surface area contributed by atoms with Gasteiger partial charge in [-0.05, 0) is 25.0 Å². The minimum Gasteiger partial charge on any atom is -0.490 e. The SMILES string of the molecule is OC1CCC(Oc2ccccc2)C1. The number of ether oxygens (including phenoxy) is 1. The quantitative estimate of drug-likeness (QED) is 0.750. The van der Waals surface area contributed by atoms with Gasteiger partial charge in [-0.25, -0.2) is 0 Å². The summed E-state index contributed by atoms with van der Waals surface area (Å²) in [4.78, 5) is 0. The normalized spacial score (nSPS) is 27.5. The summed E-state index contributed by atoms with van der Waals surface area (Å²) >= 11 is 0. The zero-order valence-corrected chi connectivity index (χ0v) is 7.52. The van der Waals surface area contributed by atoms with Gasteiger partial charge in [0, 0.05) is 6.42 Å². The second-order valence-electron chi connectivity index (χ2n) is 3.52. The van der Waals surface area contributed by atoms with Crippen molar-refractivity contribution >= 4 is 0 Å². The van der Waals surface area contributed by atoms with Gasteiger partial charge in [0.05, 0.1) is 6.10 Å². The van der Waals surface area contributed by atoms with Crippen LogP contribution in [-0.2, 0) is 0 Å². The molecular formula is C11H14O2. The number of hydrogen-bond acceptors (Lipinski definition) is 2. The van der Waals surface area contributed by atoms with Crippen LogP contribution in [0.5, 0.6) is 5.75 Å². The van der Waals surface area contributed by atoms with E-state index in [9.17, 15) is 5.11 Å². The Morgan fingerprint density at radius 1 is 1.15 bits per heavy atom. The molecule has 2 rings (SSSR count). The molecule has 1 aromatic rings. The van der Waals surface area contributed by atoms with Gasteiger partial charge in [0.25, 0.3) is 0 Å². The molecule has 0 heterocycles. The molecule has 1 fully saturated rings. The van der Waals surface area contributed by atoms with E-state index in [2.05, 4.69) is 0 Å². The average Bonchev–Trinajstić information content (AvgIpc) is 2.53. The lowest BCUT2D eigenvalue weighted by atomic mass is 10.3. The maximum Gasteiger partial charge on any atom is 0.119 e. The zero-order valence-electron chi connectivity index (χ0n) is 7.52. The van der Waals surface area contributed by atoms with Gasteiger partial charge in [-0.1, -0.05) is 18.2 Å². The van der Waals surface area contributed by atoms with Gasteiger partial charge in [0.2, 0.25) is 0 Å². The van der Waals surface area contributed by atoms with E-state index < -0.39 is 0 Å². The fourth-order valence-electron chi connectivity index (χ4n) is 1.72. The van der Waals surface area contributed by atoms with Crippen LogP contribution in [-0.4, -0.2) is 17.3 Å². The summed E-state index contributed by atoms with van der Waals surface area (Å²) in [6, 6.07) is 9.78. The third kappa shape index (κ3) is 2.22. The van der Waals surface area contributed by atoms with Crippen molar-refractivity contribution in [2.75, 3.05) is 0 Å². The Bertz CT molecular complexity index is 258. The molecule has 1 aliphatic carbocycles. The van der Waals surface area contributed by atoms with E-state index >= 15 is 0 Å². The molecule has 0 amide bonds. The Kier molecular flexibility index (Phi) is 2.50. The standard InChI is InChI=1S/C11H14O2/c12-9-6-7-11(8-9)13-10-4-2-1-3-5-10/h1-5,9,11-12H,6-8H2. The van der Waals surface area contributed by atoms with Crippen molar-refractivity contribution in [3.63, 3.8) is 0 Å². The molecule has 0 radical (unpaired) electrons. The number of benzene rings is 1. The van der Waals surface area contributed by atoms with Crippen LogP contribution in [0.4, 0.5) is 0 Å². The largest absolute Gasteiger partial charge is 0.490 e. The van der Waals surface area contributed by atoms with E-state index in [0.717, 1.165) is 25.0 Å². The fourth-order valence-corrected chi connectivity index (χ4v) is 1.72. The maximum atomic E-state index is 9.30. The minimum atomic E-state index is -0.159. The highest BCUT2D eigenvalue weighted by molar-refractivity contribution is 5.21. The maximum absolute atomic E-state index is 9.30. The van der Waals surface area contributed by atoms with Gasteiger partial charge in [0.15, 0.2) is 0 Å². The van der Waals surface area contributed by atoms with Gasteiger partial charge in [-0.15, -0.1) is 0 Å². The molecule has 1 aromatic carbocycles. The Morgan fingerprint density at radius 2 is 1.92 bits per heavy atom. The summed E-state index contributed by atoms with van der Waals surface area (Å²) in [5.74, 6) is 0.904. The molecule has 2 unspecified atom stereocenters. The topological polar surface area (TPSA) is 29.5 Å². The lowest BCUT2D eigenvalue weighted by Crippen LogP contribution is -2.13. The van der Waals surface area contributed by atoms with E-state index in [1.807, 2.05) is 30.3 Å². The Hall–Kier alpha value is -1.02. The molecule has 2 heteroatoms. The van der Waals surface area contributed by atoms with Gasteiger partial charge < -0.3 is 9.84 Å². The molecular weight excluding hydrogens is 164 g/mol. The Balaban J connectivity index is 1.92. The van der Waals surface area contributed by atoms with E-state index in [4.69, 9.17) is 4.74 Å². The van der Waals surface area contributed by atoms with Crippen molar-refractivity contribution in [3.8, 4) is 5.75 Å². The summed E-state index contributed by atoms with van der Waals surface area (Å²) in [5.41, 5.74) is 0. The highest BCUT2D eigenvalue weighted by atomic mass is 16.5. The molecule has 0 bridgehead atoms. The first-order chi connectivity index (χ1) is 6.34. The number of aliphatic hydroxyl groups excluding tert-OH is 1. The third-order valence-electron chi connectivity index (χ3n) is 2.40. The van der Waals surface area contributed by atoms with E-state index in [1.54, 1.807) is 0 Å². The molecule has 0 spiro atoms.